The molecule has 1 aliphatic heterocycles. The predicted octanol–water partition coefficient (Wildman–Crippen LogP) is 1.53. The molecule has 1 heterocycles. The molecule has 5 nitrogen and oxygen atoms in total. The first-order valence-electron chi connectivity index (χ1n) is 6.28. The van der Waals surface area contributed by atoms with E-state index in [9.17, 15) is 14.0 Å². The Kier molecular flexibility index (Phi) is 3.52. The molecule has 1 amide bonds. The van der Waals surface area contributed by atoms with Crippen molar-refractivity contribution >= 4 is 17.6 Å². The van der Waals surface area contributed by atoms with Crippen LogP contribution in [0.1, 0.15) is 32.3 Å². The number of benzene rings is 1. The highest BCUT2D eigenvalue weighted by Gasteiger charge is 2.40. The number of ether oxygens (including phenoxy) is 1. The number of nitrogens with one attached hydrogen (secondary N) is 1. The lowest BCUT2D eigenvalue weighted by molar-refractivity contribution is -0.157. The third kappa shape index (κ3) is 2.80. The van der Waals surface area contributed by atoms with Crippen molar-refractivity contribution in [2.45, 2.75) is 38.3 Å². The van der Waals surface area contributed by atoms with Gasteiger partial charge in [0.05, 0.1) is 5.92 Å². The van der Waals surface area contributed by atoms with E-state index >= 15 is 0 Å². The number of carbonyl (C=O) groups is 2. The van der Waals surface area contributed by atoms with E-state index in [0.717, 1.165) is 0 Å². The predicted molar refractivity (Wildman–Crippen MR) is 71.6 cm³/mol. The highest BCUT2D eigenvalue weighted by molar-refractivity contribution is 6.06. The van der Waals surface area contributed by atoms with Crippen molar-refractivity contribution in [3.05, 3.63) is 29.6 Å². The molecule has 0 bridgehead atoms. The summed E-state index contributed by atoms with van der Waals surface area (Å²) in [5, 5.41) is 2.58. The zero-order valence-electron chi connectivity index (χ0n) is 11.6. The molecule has 0 aliphatic carbocycles. The number of anilines is 1. The molecule has 0 aromatic heterocycles. The van der Waals surface area contributed by atoms with E-state index in [4.69, 9.17) is 10.5 Å². The summed E-state index contributed by atoms with van der Waals surface area (Å²) in [4.78, 5) is 23.9. The minimum atomic E-state index is -1.17. The summed E-state index contributed by atoms with van der Waals surface area (Å²) in [5.41, 5.74) is 5.98. The number of carbonyl (C=O) groups excluding carboxylic acids is 2. The molecule has 0 saturated heterocycles. The number of fused-ring (bicyclic) bond motifs is 1. The molecule has 2 rings (SSSR count). The van der Waals surface area contributed by atoms with Gasteiger partial charge in [-0.15, -0.1) is 0 Å². The van der Waals surface area contributed by atoms with Gasteiger partial charge in [0.2, 0.25) is 5.91 Å². The first-order chi connectivity index (χ1) is 9.19. The Morgan fingerprint density at radius 2 is 2.10 bits per heavy atom. The highest BCUT2D eigenvalue weighted by atomic mass is 19.1. The van der Waals surface area contributed by atoms with E-state index < -0.39 is 35.3 Å². The van der Waals surface area contributed by atoms with Crippen molar-refractivity contribution in [3.8, 4) is 0 Å². The van der Waals surface area contributed by atoms with Crippen molar-refractivity contribution in [1.82, 2.24) is 0 Å². The normalized spacial score (nSPS) is 19.2. The standard InChI is InChI=1S/C14H17FN2O3/c1-14(2,3)20-13(19)11(16)10-8-6-7(15)4-5-9(8)17-12(10)18/h4-6,10-11H,16H2,1-3H3,(H,17,18)/t10-,11+/m1/s1. The largest absolute Gasteiger partial charge is 0.459 e. The van der Waals surface area contributed by atoms with Gasteiger partial charge >= 0.3 is 5.97 Å². The number of nitrogens with two attached hydrogens (primary N) is 1. The van der Waals surface area contributed by atoms with Crippen LogP contribution in [-0.2, 0) is 14.3 Å². The minimum absolute atomic E-state index is 0.383. The zero-order chi connectivity index (χ0) is 15.1. The van der Waals surface area contributed by atoms with Crippen LogP contribution >= 0.6 is 0 Å². The van der Waals surface area contributed by atoms with Crippen LogP contribution < -0.4 is 11.1 Å². The third-order valence-corrected chi connectivity index (χ3v) is 2.93. The third-order valence-electron chi connectivity index (χ3n) is 2.93. The Balaban J connectivity index is 2.27. The van der Waals surface area contributed by atoms with Gasteiger partial charge < -0.3 is 15.8 Å². The molecule has 0 spiro atoms. The molecule has 0 saturated carbocycles. The summed E-state index contributed by atoms with van der Waals surface area (Å²) >= 11 is 0. The molecule has 1 aromatic carbocycles. The second kappa shape index (κ2) is 4.86. The van der Waals surface area contributed by atoms with Gasteiger partial charge in [-0.1, -0.05) is 0 Å². The summed E-state index contributed by atoms with van der Waals surface area (Å²) in [6, 6.07) is 2.73. The van der Waals surface area contributed by atoms with E-state index in [1.54, 1.807) is 20.8 Å². The fraction of sp³-hybridized carbons (Fsp3) is 0.429. The van der Waals surface area contributed by atoms with Crippen molar-refractivity contribution in [3.63, 3.8) is 0 Å². The average Bonchev–Trinajstić information content (AvgIpc) is 2.61. The van der Waals surface area contributed by atoms with Crippen LogP contribution in [0.3, 0.4) is 0 Å². The number of hydrogen-bond acceptors (Lipinski definition) is 4. The van der Waals surface area contributed by atoms with Crippen molar-refractivity contribution in [1.29, 1.82) is 0 Å². The fourth-order valence-corrected chi connectivity index (χ4v) is 2.12. The lowest BCUT2D eigenvalue weighted by atomic mass is 9.93. The molecule has 0 radical (unpaired) electrons. The van der Waals surface area contributed by atoms with Crippen LogP contribution in [0, 0.1) is 5.82 Å². The summed E-state index contributed by atoms with van der Waals surface area (Å²) in [6.45, 7) is 5.12. The van der Waals surface area contributed by atoms with Gasteiger partial charge in [0.1, 0.15) is 17.5 Å². The smallest absolute Gasteiger partial charge is 0.324 e. The van der Waals surface area contributed by atoms with Gasteiger partial charge in [-0.25, -0.2) is 4.39 Å². The monoisotopic (exact) mass is 280 g/mol. The SMILES string of the molecule is CC(C)(C)OC(=O)[C@@H](N)[C@@H]1C(=O)Nc2ccc(F)cc21. The van der Waals surface area contributed by atoms with Crippen LogP contribution in [0.4, 0.5) is 10.1 Å². The Morgan fingerprint density at radius 3 is 2.70 bits per heavy atom. The molecule has 1 aliphatic rings. The van der Waals surface area contributed by atoms with Gasteiger partial charge in [0.25, 0.3) is 0 Å². The van der Waals surface area contributed by atoms with Crippen LogP contribution in [0.2, 0.25) is 0 Å². The van der Waals surface area contributed by atoms with Crippen LogP contribution in [-0.4, -0.2) is 23.5 Å². The summed E-state index contributed by atoms with van der Waals surface area (Å²) in [7, 11) is 0. The second-order valence-electron chi connectivity index (χ2n) is 5.76. The molecule has 108 valence electrons. The highest BCUT2D eigenvalue weighted by Crippen LogP contribution is 2.35. The Morgan fingerprint density at radius 1 is 1.45 bits per heavy atom. The van der Waals surface area contributed by atoms with E-state index in [1.165, 1.54) is 18.2 Å². The average molecular weight is 280 g/mol. The molecular formula is C14H17FN2O3. The molecule has 3 N–H and O–H groups in total. The molecule has 2 atom stereocenters. The summed E-state index contributed by atoms with van der Waals surface area (Å²) < 4.78 is 18.5. The Labute approximate surface area is 116 Å². The lowest BCUT2D eigenvalue weighted by Gasteiger charge is -2.24. The number of hydrogen-bond donors (Lipinski definition) is 2. The molecule has 0 fully saturated rings. The van der Waals surface area contributed by atoms with Crippen molar-refractivity contribution < 1.29 is 18.7 Å². The van der Waals surface area contributed by atoms with Crippen molar-refractivity contribution in [2.75, 3.05) is 5.32 Å². The van der Waals surface area contributed by atoms with Gasteiger partial charge in [-0.05, 0) is 44.5 Å². The van der Waals surface area contributed by atoms with E-state index in [-0.39, 0.29) is 0 Å². The van der Waals surface area contributed by atoms with Gasteiger partial charge in [0.15, 0.2) is 0 Å². The van der Waals surface area contributed by atoms with Crippen LogP contribution in [0.25, 0.3) is 0 Å². The first kappa shape index (κ1) is 14.5. The first-order valence-corrected chi connectivity index (χ1v) is 6.28. The fourth-order valence-electron chi connectivity index (χ4n) is 2.12. The Hall–Kier alpha value is -1.95. The van der Waals surface area contributed by atoms with E-state index in [0.29, 0.717) is 11.3 Å². The minimum Gasteiger partial charge on any atom is -0.459 e. The molecule has 1 aromatic rings. The van der Waals surface area contributed by atoms with Gasteiger partial charge in [-0.3, -0.25) is 9.59 Å². The van der Waals surface area contributed by atoms with E-state index in [2.05, 4.69) is 5.32 Å². The quantitative estimate of drug-likeness (QED) is 0.805. The molecule has 6 heteroatoms. The summed E-state index contributed by atoms with van der Waals surface area (Å²) in [6.07, 6.45) is 0. The van der Waals surface area contributed by atoms with Gasteiger partial charge in [-0.2, -0.15) is 0 Å². The molecular weight excluding hydrogens is 263 g/mol. The second-order valence-corrected chi connectivity index (χ2v) is 5.76. The summed E-state index contributed by atoms with van der Waals surface area (Å²) in [5.74, 6) is -2.53. The molecule has 0 unspecified atom stereocenters. The Bertz CT molecular complexity index is 566. The number of esters is 1. The number of halogens is 1. The van der Waals surface area contributed by atoms with Crippen LogP contribution in [0.5, 0.6) is 0 Å². The topological polar surface area (TPSA) is 81.4 Å². The zero-order valence-corrected chi connectivity index (χ0v) is 11.6. The van der Waals surface area contributed by atoms with Crippen LogP contribution in [0.15, 0.2) is 18.2 Å². The lowest BCUT2D eigenvalue weighted by Crippen LogP contribution is -2.43. The maximum atomic E-state index is 13.3. The molecule has 20 heavy (non-hydrogen) atoms. The van der Waals surface area contributed by atoms with Gasteiger partial charge in [0, 0.05) is 5.69 Å². The number of rotatable bonds is 2. The van der Waals surface area contributed by atoms with E-state index in [1.807, 2.05) is 0 Å². The maximum Gasteiger partial charge on any atom is 0.324 e. The van der Waals surface area contributed by atoms with Crippen molar-refractivity contribution in [2.24, 2.45) is 5.73 Å². The maximum absolute atomic E-state index is 13.3. The number of amides is 1.